The van der Waals surface area contributed by atoms with Gasteiger partial charge in [0, 0.05) is 23.3 Å². The van der Waals surface area contributed by atoms with E-state index in [1.807, 2.05) is 19.4 Å². The molecular formula is C13H20N4S. The van der Waals surface area contributed by atoms with Gasteiger partial charge in [0.25, 0.3) is 0 Å². The molecule has 5 heteroatoms. The predicted molar refractivity (Wildman–Crippen MR) is 74.6 cm³/mol. The molecule has 0 aliphatic rings. The lowest BCUT2D eigenvalue weighted by atomic mass is 10.0. The Balaban J connectivity index is 2.12. The number of hydrogen-bond donors (Lipinski definition) is 1. The quantitative estimate of drug-likeness (QED) is 0.903. The summed E-state index contributed by atoms with van der Waals surface area (Å²) < 4.78 is 2.10. The van der Waals surface area contributed by atoms with E-state index in [-0.39, 0.29) is 6.04 Å². The fourth-order valence-electron chi connectivity index (χ4n) is 2.02. The summed E-state index contributed by atoms with van der Waals surface area (Å²) >= 11 is 1.68. The van der Waals surface area contributed by atoms with E-state index in [4.69, 9.17) is 5.73 Å². The maximum Gasteiger partial charge on any atom is 0.113 e. The van der Waals surface area contributed by atoms with Crippen molar-refractivity contribution in [1.29, 1.82) is 0 Å². The van der Waals surface area contributed by atoms with Crippen LogP contribution in [-0.4, -0.2) is 14.5 Å². The van der Waals surface area contributed by atoms with Crippen LogP contribution >= 0.6 is 11.3 Å². The van der Waals surface area contributed by atoms with Crippen LogP contribution in [0.2, 0.25) is 0 Å². The Bertz CT molecular complexity index is 501. The highest BCUT2D eigenvalue weighted by Gasteiger charge is 2.14. The van der Waals surface area contributed by atoms with E-state index in [0.29, 0.717) is 5.92 Å². The molecule has 0 bridgehead atoms. The lowest BCUT2D eigenvalue weighted by Crippen LogP contribution is -2.17. The molecule has 4 nitrogen and oxygen atoms in total. The van der Waals surface area contributed by atoms with Crippen LogP contribution in [0.15, 0.2) is 17.9 Å². The van der Waals surface area contributed by atoms with Gasteiger partial charge in [-0.25, -0.2) is 9.97 Å². The molecule has 0 fully saturated rings. The lowest BCUT2D eigenvalue weighted by molar-refractivity contribution is 0.488. The highest BCUT2D eigenvalue weighted by molar-refractivity contribution is 7.09. The fraction of sp³-hybridized carbons (Fsp3) is 0.538. The molecule has 0 radical (unpaired) electrons. The summed E-state index contributed by atoms with van der Waals surface area (Å²) in [5, 5.41) is 3.17. The zero-order chi connectivity index (χ0) is 13.1. The van der Waals surface area contributed by atoms with Crippen LogP contribution in [0.4, 0.5) is 0 Å². The van der Waals surface area contributed by atoms with Gasteiger partial charge in [-0.05, 0) is 19.3 Å². The molecule has 1 unspecified atom stereocenters. The molecule has 98 valence electrons. The van der Waals surface area contributed by atoms with Gasteiger partial charge in [0.05, 0.1) is 18.6 Å². The van der Waals surface area contributed by atoms with Crippen LogP contribution in [0.3, 0.4) is 0 Å². The van der Waals surface area contributed by atoms with Gasteiger partial charge in [-0.2, -0.15) is 0 Å². The van der Waals surface area contributed by atoms with Gasteiger partial charge in [0.1, 0.15) is 5.01 Å². The average molecular weight is 264 g/mol. The van der Waals surface area contributed by atoms with Crippen molar-refractivity contribution in [3.05, 3.63) is 34.3 Å². The average Bonchev–Trinajstić information content (AvgIpc) is 2.87. The molecule has 2 N–H and O–H groups in total. The molecular weight excluding hydrogens is 244 g/mol. The number of imidazole rings is 1. The maximum absolute atomic E-state index is 6.22. The molecule has 0 saturated carbocycles. The third kappa shape index (κ3) is 3.17. The van der Waals surface area contributed by atoms with Gasteiger partial charge in [-0.3, -0.25) is 0 Å². The maximum atomic E-state index is 6.22. The number of aromatic nitrogens is 3. The summed E-state index contributed by atoms with van der Waals surface area (Å²) in [6, 6.07) is 0.0496. The molecule has 0 spiro atoms. The van der Waals surface area contributed by atoms with Gasteiger partial charge >= 0.3 is 0 Å². The molecule has 2 aromatic rings. The first-order chi connectivity index (χ1) is 8.56. The summed E-state index contributed by atoms with van der Waals surface area (Å²) in [7, 11) is 0. The van der Waals surface area contributed by atoms with Crippen molar-refractivity contribution in [3.8, 4) is 0 Å². The van der Waals surface area contributed by atoms with Crippen molar-refractivity contribution in [2.45, 2.75) is 39.8 Å². The summed E-state index contributed by atoms with van der Waals surface area (Å²) in [6.07, 6.45) is 4.68. The van der Waals surface area contributed by atoms with E-state index in [9.17, 15) is 0 Å². The van der Waals surface area contributed by atoms with Gasteiger partial charge in [0.15, 0.2) is 0 Å². The number of aryl methyl sites for hydroxylation is 1. The van der Waals surface area contributed by atoms with Gasteiger partial charge in [-0.1, -0.05) is 13.8 Å². The molecule has 0 aromatic carbocycles. The van der Waals surface area contributed by atoms with Crippen LogP contribution in [0.1, 0.15) is 42.7 Å². The fourth-order valence-corrected chi connectivity index (χ4v) is 2.79. The van der Waals surface area contributed by atoms with Crippen LogP contribution in [-0.2, 0) is 6.54 Å². The van der Waals surface area contributed by atoms with Gasteiger partial charge in [0.2, 0.25) is 0 Å². The second-order valence-corrected chi connectivity index (χ2v) is 6.01. The topological polar surface area (TPSA) is 56.7 Å². The summed E-state index contributed by atoms with van der Waals surface area (Å²) in [4.78, 5) is 8.69. The van der Waals surface area contributed by atoms with E-state index in [2.05, 4.69) is 33.8 Å². The molecule has 2 rings (SSSR count). The molecule has 0 aliphatic heterocycles. The number of rotatable bonds is 5. The van der Waals surface area contributed by atoms with Crippen molar-refractivity contribution in [2.24, 2.45) is 11.7 Å². The standard InChI is InChI=1S/C13H20N4S/c1-9(2)4-11(14)12-5-15-8-17(12)6-13-16-10(3)7-18-13/h5,7-9,11H,4,6,14H2,1-3H3. The van der Waals surface area contributed by atoms with Crippen LogP contribution < -0.4 is 5.73 Å². The molecule has 0 amide bonds. The first-order valence-electron chi connectivity index (χ1n) is 6.23. The Morgan fingerprint density at radius 1 is 1.44 bits per heavy atom. The molecule has 18 heavy (non-hydrogen) atoms. The smallest absolute Gasteiger partial charge is 0.113 e. The lowest BCUT2D eigenvalue weighted by Gasteiger charge is -2.15. The third-order valence-corrected chi connectivity index (χ3v) is 3.77. The third-order valence-electron chi connectivity index (χ3n) is 2.82. The second-order valence-electron chi connectivity index (χ2n) is 5.07. The Labute approximate surface area is 112 Å². The van der Waals surface area contributed by atoms with Gasteiger partial charge < -0.3 is 10.3 Å². The molecule has 2 heterocycles. The number of nitrogens with two attached hydrogens (primary N) is 1. The summed E-state index contributed by atoms with van der Waals surface area (Å²) in [5.74, 6) is 0.588. The highest BCUT2D eigenvalue weighted by Crippen LogP contribution is 2.20. The predicted octanol–water partition coefficient (Wildman–Crippen LogP) is 2.74. The summed E-state index contributed by atoms with van der Waals surface area (Å²) in [6.45, 7) is 7.15. The van der Waals surface area contributed by atoms with Crippen molar-refractivity contribution >= 4 is 11.3 Å². The Morgan fingerprint density at radius 2 is 2.22 bits per heavy atom. The SMILES string of the molecule is Cc1csc(Cn2cncc2C(N)CC(C)C)n1. The van der Waals surface area contributed by atoms with E-state index in [1.54, 1.807) is 11.3 Å². The number of thiazole rings is 1. The van der Waals surface area contributed by atoms with Crippen molar-refractivity contribution in [2.75, 3.05) is 0 Å². The monoisotopic (exact) mass is 264 g/mol. The number of hydrogen-bond acceptors (Lipinski definition) is 4. The first-order valence-corrected chi connectivity index (χ1v) is 7.11. The highest BCUT2D eigenvalue weighted by atomic mass is 32.1. The molecule has 0 saturated heterocycles. The minimum atomic E-state index is 0.0496. The van der Waals surface area contributed by atoms with E-state index >= 15 is 0 Å². The summed E-state index contributed by atoms with van der Waals surface area (Å²) in [5.41, 5.74) is 8.39. The Kier molecular flexibility index (Phi) is 4.14. The van der Waals surface area contributed by atoms with Crippen LogP contribution in [0.25, 0.3) is 0 Å². The zero-order valence-corrected chi connectivity index (χ0v) is 11.9. The first kappa shape index (κ1) is 13.2. The van der Waals surface area contributed by atoms with Crippen molar-refractivity contribution < 1.29 is 0 Å². The van der Waals surface area contributed by atoms with E-state index < -0.39 is 0 Å². The number of nitrogens with zero attached hydrogens (tertiary/aromatic N) is 3. The largest absolute Gasteiger partial charge is 0.326 e. The van der Waals surface area contributed by atoms with E-state index in [1.165, 1.54) is 0 Å². The zero-order valence-electron chi connectivity index (χ0n) is 11.1. The van der Waals surface area contributed by atoms with Crippen LogP contribution in [0, 0.1) is 12.8 Å². The second kappa shape index (κ2) is 5.63. The van der Waals surface area contributed by atoms with E-state index in [0.717, 1.165) is 29.4 Å². The molecule has 2 aromatic heterocycles. The minimum absolute atomic E-state index is 0.0496. The minimum Gasteiger partial charge on any atom is -0.326 e. The van der Waals surface area contributed by atoms with Crippen molar-refractivity contribution in [3.63, 3.8) is 0 Å². The normalized spacial score (nSPS) is 13.2. The molecule has 1 atom stereocenters. The molecule has 0 aliphatic carbocycles. The Morgan fingerprint density at radius 3 is 2.83 bits per heavy atom. The van der Waals surface area contributed by atoms with Crippen LogP contribution in [0.5, 0.6) is 0 Å². The van der Waals surface area contributed by atoms with Crippen molar-refractivity contribution in [1.82, 2.24) is 14.5 Å². The van der Waals surface area contributed by atoms with Gasteiger partial charge in [-0.15, -0.1) is 11.3 Å². The Hall–Kier alpha value is -1.20.